The predicted molar refractivity (Wildman–Crippen MR) is 125 cm³/mol. The fraction of sp³-hybridized carbons (Fsp3) is 0.174. The number of anilines is 1. The Hall–Kier alpha value is -2.38. The maximum atomic E-state index is 13.3. The number of carbonyl (C=O) groups excluding carboxylic acids is 1. The monoisotopic (exact) mass is 476 g/mol. The van der Waals surface area contributed by atoms with Gasteiger partial charge in [0.2, 0.25) is 15.9 Å². The van der Waals surface area contributed by atoms with Crippen LogP contribution < -0.4 is 5.32 Å². The first-order valence-corrected chi connectivity index (χ1v) is 11.7. The Morgan fingerprint density at radius 2 is 1.52 bits per heavy atom. The lowest BCUT2D eigenvalue weighted by Crippen LogP contribution is -2.37. The molecule has 3 aromatic rings. The maximum absolute atomic E-state index is 13.3. The number of nitrogens with zero attached hydrogens (tertiary/aromatic N) is 1. The number of sulfonamides is 1. The standard InChI is InChI=1S/C23H22Cl2N2O3S/c1-16-3-6-18(7-4-16)14-27(31(29,30)21-11-9-19(24)10-12-21)15-23(28)26-22-13-20(25)8-5-17(22)2/h3-13H,14-15H2,1-2H3,(H,26,28). The first kappa shape index (κ1) is 23.3. The quantitative estimate of drug-likeness (QED) is 0.493. The third-order valence-corrected chi connectivity index (χ3v) is 7.02. The average Bonchev–Trinajstić information content (AvgIpc) is 2.72. The van der Waals surface area contributed by atoms with Crippen molar-refractivity contribution in [3.05, 3.63) is 93.5 Å². The fourth-order valence-electron chi connectivity index (χ4n) is 2.96. The highest BCUT2D eigenvalue weighted by Gasteiger charge is 2.27. The Morgan fingerprint density at radius 1 is 0.903 bits per heavy atom. The number of carbonyl (C=O) groups is 1. The van der Waals surface area contributed by atoms with Gasteiger partial charge in [-0.25, -0.2) is 8.42 Å². The lowest BCUT2D eigenvalue weighted by atomic mass is 10.1. The molecule has 0 aliphatic carbocycles. The van der Waals surface area contributed by atoms with Gasteiger partial charge in [-0.05, 0) is 61.4 Å². The number of hydrogen-bond acceptors (Lipinski definition) is 3. The Bertz CT molecular complexity index is 1180. The molecule has 0 radical (unpaired) electrons. The van der Waals surface area contributed by atoms with E-state index in [2.05, 4.69) is 5.32 Å². The fourth-order valence-corrected chi connectivity index (χ4v) is 4.64. The molecule has 0 aliphatic rings. The highest BCUT2D eigenvalue weighted by atomic mass is 35.5. The van der Waals surface area contributed by atoms with E-state index in [0.29, 0.717) is 15.7 Å². The van der Waals surface area contributed by atoms with Crippen LogP contribution in [0.15, 0.2) is 71.6 Å². The summed E-state index contributed by atoms with van der Waals surface area (Å²) < 4.78 is 27.8. The van der Waals surface area contributed by atoms with Crippen molar-refractivity contribution in [3.8, 4) is 0 Å². The second-order valence-electron chi connectivity index (χ2n) is 7.22. The molecule has 1 amide bonds. The summed E-state index contributed by atoms with van der Waals surface area (Å²) in [5.41, 5.74) is 3.19. The third-order valence-electron chi connectivity index (χ3n) is 4.72. The van der Waals surface area contributed by atoms with Crippen molar-refractivity contribution in [3.63, 3.8) is 0 Å². The van der Waals surface area contributed by atoms with Crippen LogP contribution >= 0.6 is 23.2 Å². The molecule has 0 aromatic heterocycles. The van der Waals surface area contributed by atoms with Crippen molar-refractivity contribution in [2.24, 2.45) is 0 Å². The first-order valence-electron chi connectivity index (χ1n) is 9.52. The van der Waals surface area contributed by atoms with Crippen LogP contribution in [0.1, 0.15) is 16.7 Å². The van der Waals surface area contributed by atoms with Gasteiger partial charge in [0.1, 0.15) is 0 Å². The van der Waals surface area contributed by atoms with Gasteiger partial charge in [-0.1, -0.05) is 59.1 Å². The van der Waals surface area contributed by atoms with E-state index in [9.17, 15) is 13.2 Å². The SMILES string of the molecule is Cc1ccc(CN(CC(=O)Nc2cc(Cl)ccc2C)S(=O)(=O)c2ccc(Cl)cc2)cc1. The molecule has 1 N–H and O–H groups in total. The summed E-state index contributed by atoms with van der Waals surface area (Å²) in [6.07, 6.45) is 0. The smallest absolute Gasteiger partial charge is 0.243 e. The van der Waals surface area contributed by atoms with E-state index >= 15 is 0 Å². The van der Waals surface area contributed by atoms with Crippen LogP contribution in [0.3, 0.4) is 0 Å². The summed E-state index contributed by atoms with van der Waals surface area (Å²) in [6, 6.07) is 18.5. The van der Waals surface area contributed by atoms with Gasteiger partial charge < -0.3 is 5.32 Å². The summed E-state index contributed by atoms with van der Waals surface area (Å²) in [5.74, 6) is -0.463. The van der Waals surface area contributed by atoms with Crippen LogP contribution in [0, 0.1) is 13.8 Å². The van der Waals surface area contributed by atoms with Crippen molar-refractivity contribution in [2.75, 3.05) is 11.9 Å². The molecule has 0 heterocycles. The summed E-state index contributed by atoms with van der Waals surface area (Å²) in [6.45, 7) is 3.48. The molecule has 0 fully saturated rings. The molecular weight excluding hydrogens is 455 g/mol. The van der Waals surface area contributed by atoms with Crippen molar-refractivity contribution in [1.29, 1.82) is 0 Å². The highest BCUT2D eigenvalue weighted by molar-refractivity contribution is 7.89. The number of rotatable bonds is 7. The molecule has 31 heavy (non-hydrogen) atoms. The molecule has 0 unspecified atom stereocenters. The van der Waals surface area contributed by atoms with Crippen LogP contribution in [0.4, 0.5) is 5.69 Å². The Labute approximate surface area is 192 Å². The lowest BCUT2D eigenvalue weighted by molar-refractivity contribution is -0.116. The van der Waals surface area contributed by atoms with E-state index in [1.54, 1.807) is 18.2 Å². The second kappa shape index (κ2) is 9.83. The molecule has 0 spiro atoms. The van der Waals surface area contributed by atoms with Crippen LogP contribution in [-0.4, -0.2) is 25.2 Å². The minimum absolute atomic E-state index is 0.0488. The number of hydrogen-bond donors (Lipinski definition) is 1. The highest BCUT2D eigenvalue weighted by Crippen LogP contribution is 2.23. The normalized spacial score (nSPS) is 11.5. The van der Waals surface area contributed by atoms with Gasteiger partial charge in [-0.2, -0.15) is 4.31 Å². The summed E-state index contributed by atoms with van der Waals surface area (Å²) >= 11 is 11.9. The molecule has 5 nitrogen and oxygen atoms in total. The van der Waals surface area contributed by atoms with Crippen LogP contribution in [0.2, 0.25) is 10.0 Å². The first-order chi connectivity index (χ1) is 14.6. The molecule has 3 aromatic carbocycles. The van der Waals surface area contributed by atoms with Crippen LogP contribution in [-0.2, 0) is 21.4 Å². The maximum Gasteiger partial charge on any atom is 0.243 e. The van der Waals surface area contributed by atoms with Gasteiger partial charge in [0.05, 0.1) is 11.4 Å². The van der Waals surface area contributed by atoms with Crippen molar-refractivity contribution < 1.29 is 13.2 Å². The molecule has 0 aliphatic heterocycles. The molecular formula is C23H22Cl2N2O3S. The number of aryl methyl sites for hydroxylation is 2. The molecule has 0 atom stereocenters. The Balaban J connectivity index is 1.89. The summed E-state index contributed by atoms with van der Waals surface area (Å²) in [7, 11) is -3.94. The largest absolute Gasteiger partial charge is 0.325 e. The number of benzene rings is 3. The lowest BCUT2D eigenvalue weighted by Gasteiger charge is -2.22. The number of halogens is 2. The van der Waals surface area contributed by atoms with E-state index in [1.807, 2.05) is 38.1 Å². The van der Waals surface area contributed by atoms with Gasteiger partial charge in [0, 0.05) is 22.3 Å². The van der Waals surface area contributed by atoms with E-state index < -0.39 is 15.9 Å². The Kier molecular flexibility index (Phi) is 7.38. The minimum atomic E-state index is -3.94. The van der Waals surface area contributed by atoms with E-state index in [1.165, 1.54) is 24.3 Å². The number of nitrogens with one attached hydrogen (secondary N) is 1. The zero-order valence-electron chi connectivity index (χ0n) is 17.1. The minimum Gasteiger partial charge on any atom is -0.325 e. The molecule has 0 saturated heterocycles. The van der Waals surface area contributed by atoms with Gasteiger partial charge in [-0.3, -0.25) is 4.79 Å². The van der Waals surface area contributed by atoms with Gasteiger partial charge in [-0.15, -0.1) is 0 Å². The van der Waals surface area contributed by atoms with E-state index in [0.717, 1.165) is 21.0 Å². The molecule has 8 heteroatoms. The van der Waals surface area contributed by atoms with Crippen LogP contribution in [0.25, 0.3) is 0 Å². The topological polar surface area (TPSA) is 66.5 Å². The molecule has 3 rings (SSSR count). The average molecular weight is 477 g/mol. The predicted octanol–water partition coefficient (Wildman–Crippen LogP) is 5.44. The zero-order valence-corrected chi connectivity index (χ0v) is 19.4. The van der Waals surface area contributed by atoms with Crippen molar-refractivity contribution >= 4 is 44.8 Å². The second-order valence-corrected chi connectivity index (χ2v) is 10.0. The molecule has 0 saturated carbocycles. The van der Waals surface area contributed by atoms with Crippen molar-refractivity contribution in [1.82, 2.24) is 4.31 Å². The summed E-state index contributed by atoms with van der Waals surface area (Å²) in [5, 5.41) is 3.67. The molecule has 0 bridgehead atoms. The van der Waals surface area contributed by atoms with Crippen molar-refractivity contribution in [2.45, 2.75) is 25.3 Å². The van der Waals surface area contributed by atoms with E-state index in [-0.39, 0.29) is 18.0 Å². The number of amides is 1. The van der Waals surface area contributed by atoms with Gasteiger partial charge in [0.25, 0.3) is 0 Å². The third kappa shape index (κ3) is 6.08. The zero-order chi connectivity index (χ0) is 22.6. The summed E-state index contributed by atoms with van der Waals surface area (Å²) in [4.78, 5) is 12.8. The van der Waals surface area contributed by atoms with Crippen LogP contribution in [0.5, 0.6) is 0 Å². The molecule has 162 valence electrons. The van der Waals surface area contributed by atoms with E-state index in [4.69, 9.17) is 23.2 Å². The Morgan fingerprint density at radius 3 is 2.16 bits per heavy atom. The van der Waals surface area contributed by atoms with Gasteiger partial charge >= 0.3 is 0 Å². The van der Waals surface area contributed by atoms with Gasteiger partial charge in [0.15, 0.2) is 0 Å².